The summed E-state index contributed by atoms with van der Waals surface area (Å²) in [5.41, 5.74) is 5.09. The molecule has 0 amide bonds. The molecule has 0 saturated heterocycles. The molecule has 1 N–H and O–H groups in total. The predicted molar refractivity (Wildman–Crippen MR) is 130 cm³/mol. The van der Waals surface area contributed by atoms with Gasteiger partial charge in [-0.1, -0.05) is 62.4 Å². The lowest BCUT2D eigenvalue weighted by Gasteiger charge is -2.28. The second-order valence-electron chi connectivity index (χ2n) is 8.22. The van der Waals surface area contributed by atoms with Crippen LogP contribution < -0.4 is 14.8 Å². The van der Waals surface area contributed by atoms with Crippen molar-refractivity contribution < 1.29 is 9.47 Å². The highest BCUT2D eigenvalue weighted by Gasteiger charge is 2.22. The molecule has 4 rings (SSSR count). The van der Waals surface area contributed by atoms with Crippen molar-refractivity contribution in [2.24, 2.45) is 0 Å². The summed E-state index contributed by atoms with van der Waals surface area (Å²) in [6.45, 7) is 9.72. The van der Waals surface area contributed by atoms with Gasteiger partial charge in [-0.25, -0.2) is 0 Å². The number of benzene rings is 3. The Morgan fingerprint density at radius 1 is 0.875 bits per heavy atom. The van der Waals surface area contributed by atoms with Gasteiger partial charge in [-0.15, -0.1) is 0 Å². The van der Waals surface area contributed by atoms with E-state index in [1.807, 2.05) is 24.3 Å². The van der Waals surface area contributed by atoms with Crippen LogP contribution in [0.4, 0.5) is 0 Å². The van der Waals surface area contributed by atoms with Gasteiger partial charge in [-0.2, -0.15) is 0 Å². The molecule has 1 aliphatic rings. The topological polar surface area (TPSA) is 33.7 Å². The first-order chi connectivity index (χ1) is 15.8. The predicted octanol–water partition coefficient (Wildman–Crippen LogP) is 5.22. The Balaban J connectivity index is 1.43. The molecule has 0 bridgehead atoms. The number of hydrogen-bond acceptors (Lipinski definition) is 4. The lowest BCUT2D eigenvalue weighted by atomic mass is 9.89. The third-order valence-electron chi connectivity index (χ3n) is 6.18. The molecule has 32 heavy (non-hydrogen) atoms. The van der Waals surface area contributed by atoms with Crippen LogP contribution in [0, 0.1) is 0 Å². The summed E-state index contributed by atoms with van der Waals surface area (Å²) in [4.78, 5) is 2.38. The quantitative estimate of drug-likeness (QED) is 0.478. The van der Waals surface area contributed by atoms with E-state index in [0.717, 1.165) is 50.7 Å². The highest BCUT2D eigenvalue weighted by Crippen LogP contribution is 2.32. The van der Waals surface area contributed by atoms with E-state index in [9.17, 15) is 0 Å². The number of likely N-dealkylation sites (N-methyl/N-ethyl adjacent to an activating group) is 1. The third-order valence-corrected chi connectivity index (χ3v) is 6.18. The van der Waals surface area contributed by atoms with Crippen molar-refractivity contribution in [3.8, 4) is 11.5 Å². The van der Waals surface area contributed by atoms with Gasteiger partial charge < -0.3 is 19.7 Å². The van der Waals surface area contributed by atoms with E-state index in [0.29, 0.717) is 6.61 Å². The Morgan fingerprint density at radius 3 is 2.50 bits per heavy atom. The van der Waals surface area contributed by atoms with E-state index in [2.05, 4.69) is 72.6 Å². The van der Waals surface area contributed by atoms with Gasteiger partial charge in [0.15, 0.2) is 0 Å². The van der Waals surface area contributed by atoms with Crippen LogP contribution in [-0.2, 0) is 13.0 Å². The molecule has 3 aromatic carbocycles. The summed E-state index contributed by atoms with van der Waals surface area (Å²) < 4.78 is 12.1. The van der Waals surface area contributed by atoms with E-state index in [1.165, 1.54) is 22.3 Å². The largest absolute Gasteiger partial charge is 0.492 e. The van der Waals surface area contributed by atoms with Crippen molar-refractivity contribution in [2.45, 2.75) is 32.9 Å². The van der Waals surface area contributed by atoms with Crippen LogP contribution in [0.25, 0.3) is 0 Å². The molecule has 0 aliphatic carbocycles. The lowest BCUT2D eigenvalue weighted by molar-refractivity contribution is 0.222. The number of rotatable bonds is 10. The lowest BCUT2D eigenvalue weighted by Crippen LogP contribution is -2.30. The van der Waals surface area contributed by atoms with Gasteiger partial charge >= 0.3 is 0 Å². The first-order valence-corrected chi connectivity index (χ1v) is 11.7. The van der Waals surface area contributed by atoms with Crippen molar-refractivity contribution in [2.75, 3.05) is 32.8 Å². The normalized spacial score (nSPS) is 15.4. The standard InChI is InChI=1S/C28H34N2O2/c1-3-30(4-2)17-18-31-26-13-14-27-23(19-26)15-16-29-28(27)24-11-8-12-25(20-24)32-21-22-9-6-5-7-10-22/h5-14,19-20,28-29H,3-4,15-18,21H2,1-2H3. The summed E-state index contributed by atoms with van der Waals surface area (Å²) in [6.07, 6.45) is 1.02. The van der Waals surface area contributed by atoms with Gasteiger partial charge in [0.25, 0.3) is 0 Å². The van der Waals surface area contributed by atoms with Crippen LogP contribution in [0.3, 0.4) is 0 Å². The Bertz CT molecular complexity index is 986. The SMILES string of the molecule is CCN(CC)CCOc1ccc2c(c1)CCNC2c1cccc(OCc2ccccc2)c1. The molecule has 3 aromatic rings. The molecule has 1 heterocycles. The molecule has 1 unspecified atom stereocenters. The molecule has 1 aliphatic heterocycles. The maximum Gasteiger partial charge on any atom is 0.120 e. The van der Waals surface area contributed by atoms with Gasteiger partial charge in [0.2, 0.25) is 0 Å². The minimum Gasteiger partial charge on any atom is -0.492 e. The maximum atomic E-state index is 6.06. The van der Waals surface area contributed by atoms with E-state index in [-0.39, 0.29) is 6.04 Å². The molecule has 168 valence electrons. The van der Waals surface area contributed by atoms with Gasteiger partial charge in [0, 0.05) is 13.1 Å². The average molecular weight is 431 g/mol. The van der Waals surface area contributed by atoms with Crippen molar-refractivity contribution >= 4 is 0 Å². The summed E-state index contributed by atoms with van der Waals surface area (Å²) in [5.74, 6) is 1.87. The molecular formula is C28H34N2O2. The average Bonchev–Trinajstić information content (AvgIpc) is 2.86. The zero-order valence-corrected chi connectivity index (χ0v) is 19.2. The van der Waals surface area contributed by atoms with E-state index < -0.39 is 0 Å². The van der Waals surface area contributed by atoms with Crippen LogP contribution in [0.1, 0.15) is 42.1 Å². The molecule has 0 saturated carbocycles. The summed E-state index contributed by atoms with van der Waals surface area (Å²) in [5, 5.41) is 3.68. The molecule has 0 aromatic heterocycles. The molecule has 1 atom stereocenters. The number of hydrogen-bond donors (Lipinski definition) is 1. The fourth-order valence-corrected chi connectivity index (χ4v) is 4.29. The first kappa shape index (κ1) is 22.4. The molecule has 0 radical (unpaired) electrons. The summed E-state index contributed by atoms with van der Waals surface area (Å²) >= 11 is 0. The third kappa shape index (κ3) is 5.70. The number of ether oxygens (including phenoxy) is 2. The Labute approximate surface area is 192 Å². The zero-order chi connectivity index (χ0) is 22.2. The molecular weight excluding hydrogens is 396 g/mol. The van der Waals surface area contributed by atoms with E-state index in [4.69, 9.17) is 9.47 Å². The van der Waals surface area contributed by atoms with Gasteiger partial charge in [-0.05, 0) is 66.0 Å². The van der Waals surface area contributed by atoms with Gasteiger partial charge in [-0.3, -0.25) is 0 Å². The second-order valence-corrected chi connectivity index (χ2v) is 8.22. The van der Waals surface area contributed by atoms with Gasteiger partial charge in [0.1, 0.15) is 24.7 Å². The smallest absolute Gasteiger partial charge is 0.120 e. The Morgan fingerprint density at radius 2 is 1.69 bits per heavy atom. The van der Waals surface area contributed by atoms with Crippen molar-refractivity contribution in [1.29, 1.82) is 0 Å². The molecule has 0 fully saturated rings. The highest BCUT2D eigenvalue weighted by molar-refractivity contribution is 5.45. The second kappa shape index (κ2) is 11.2. The van der Waals surface area contributed by atoms with Gasteiger partial charge in [0.05, 0.1) is 6.04 Å². The fraction of sp³-hybridized carbons (Fsp3) is 0.357. The van der Waals surface area contributed by atoms with E-state index in [1.54, 1.807) is 0 Å². The minimum absolute atomic E-state index is 0.170. The van der Waals surface area contributed by atoms with Crippen LogP contribution in [-0.4, -0.2) is 37.7 Å². The summed E-state index contributed by atoms with van der Waals surface area (Å²) in [7, 11) is 0. The Hall–Kier alpha value is -2.82. The summed E-state index contributed by atoms with van der Waals surface area (Å²) in [6, 6.07) is 25.4. The Kier molecular flexibility index (Phi) is 7.81. The molecule has 4 heteroatoms. The fourth-order valence-electron chi connectivity index (χ4n) is 4.29. The maximum absolute atomic E-state index is 6.06. The molecule has 4 nitrogen and oxygen atoms in total. The van der Waals surface area contributed by atoms with Crippen LogP contribution in [0.5, 0.6) is 11.5 Å². The van der Waals surface area contributed by atoms with E-state index >= 15 is 0 Å². The van der Waals surface area contributed by atoms with Crippen LogP contribution in [0.2, 0.25) is 0 Å². The number of nitrogens with one attached hydrogen (secondary N) is 1. The zero-order valence-electron chi connectivity index (χ0n) is 19.2. The molecule has 0 spiro atoms. The van der Waals surface area contributed by atoms with Crippen molar-refractivity contribution in [3.05, 3.63) is 95.1 Å². The highest BCUT2D eigenvalue weighted by atomic mass is 16.5. The van der Waals surface area contributed by atoms with Crippen molar-refractivity contribution in [3.63, 3.8) is 0 Å². The van der Waals surface area contributed by atoms with Crippen LogP contribution in [0.15, 0.2) is 72.8 Å². The monoisotopic (exact) mass is 430 g/mol. The minimum atomic E-state index is 0.170. The number of nitrogens with zero attached hydrogens (tertiary/aromatic N) is 1. The van der Waals surface area contributed by atoms with Crippen molar-refractivity contribution in [1.82, 2.24) is 10.2 Å². The van der Waals surface area contributed by atoms with Crippen LogP contribution >= 0.6 is 0 Å². The number of fused-ring (bicyclic) bond motifs is 1. The first-order valence-electron chi connectivity index (χ1n) is 11.7.